The van der Waals surface area contributed by atoms with Crippen LogP contribution in [0.1, 0.15) is 15.2 Å². The van der Waals surface area contributed by atoms with Gasteiger partial charge >= 0.3 is 5.69 Å². The second-order valence-electron chi connectivity index (χ2n) is 5.29. The first-order chi connectivity index (χ1) is 10.7. The topological polar surface area (TPSA) is 90.3 Å². The molecule has 0 aromatic carbocycles. The number of Topliss-reactive ketones (excluding diaryl/α,β-unsaturated/α-hetero) is 1. The molecule has 124 valence electrons. The summed E-state index contributed by atoms with van der Waals surface area (Å²) in [5, 5.41) is 1.96. The Labute approximate surface area is 145 Å². The molecule has 0 spiro atoms. The summed E-state index contributed by atoms with van der Waals surface area (Å²) in [7, 11) is 4.54. The minimum absolute atomic E-state index is 0.0349. The molecule has 0 aliphatic rings. The molecular weight excluding hydrogens is 384 g/mol. The van der Waals surface area contributed by atoms with Gasteiger partial charge in [0.25, 0.3) is 5.56 Å². The lowest BCUT2D eigenvalue weighted by atomic mass is 10.2. The Bertz CT molecular complexity index is 868. The van der Waals surface area contributed by atoms with E-state index in [0.717, 1.165) is 18.5 Å². The highest BCUT2D eigenvalue weighted by molar-refractivity contribution is 9.10. The van der Waals surface area contributed by atoms with Gasteiger partial charge in [0.15, 0.2) is 5.78 Å². The van der Waals surface area contributed by atoms with Crippen LogP contribution in [0.3, 0.4) is 0 Å². The molecule has 2 aromatic rings. The maximum Gasteiger partial charge on any atom is 0.332 e. The molecule has 0 atom stereocenters. The van der Waals surface area contributed by atoms with Crippen LogP contribution < -0.4 is 17.0 Å². The van der Waals surface area contributed by atoms with E-state index >= 15 is 0 Å². The average molecular weight is 401 g/mol. The molecule has 0 fully saturated rings. The maximum atomic E-state index is 12.5. The van der Waals surface area contributed by atoms with Crippen LogP contribution in [-0.4, -0.2) is 33.4 Å². The van der Waals surface area contributed by atoms with Crippen LogP contribution in [0.5, 0.6) is 0 Å². The maximum absolute atomic E-state index is 12.5. The first kappa shape index (κ1) is 17.6. The highest BCUT2D eigenvalue weighted by Crippen LogP contribution is 2.20. The average Bonchev–Trinajstić information content (AvgIpc) is 2.88. The molecular formula is C14H17BrN4O3S. The summed E-state index contributed by atoms with van der Waals surface area (Å²) in [6, 6.07) is 1.98. The number of thiophene rings is 1. The van der Waals surface area contributed by atoms with Crippen molar-refractivity contribution in [1.29, 1.82) is 0 Å². The number of halogens is 1. The van der Waals surface area contributed by atoms with Crippen molar-refractivity contribution in [3.05, 3.63) is 47.2 Å². The largest absolute Gasteiger partial charge is 0.384 e. The van der Waals surface area contributed by atoms with Gasteiger partial charge in [-0.15, -0.1) is 11.3 Å². The van der Waals surface area contributed by atoms with E-state index in [9.17, 15) is 14.4 Å². The summed E-state index contributed by atoms with van der Waals surface area (Å²) >= 11 is 4.96. The minimum Gasteiger partial charge on any atom is -0.384 e. The van der Waals surface area contributed by atoms with Gasteiger partial charge in [-0.1, -0.05) is 0 Å². The molecule has 9 heteroatoms. The summed E-state index contributed by atoms with van der Waals surface area (Å²) in [6.45, 7) is 0.612. The van der Waals surface area contributed by atoms with Gasteiger partial charge in [-0.3, -0.25) is 23.6 Å². The van der Waals surface area contributed by atoms with Crippen LogP contribution in [0.15, 0.2) is 25.5 Å². The summed E-state index contributed by atoms with van der Waals surface area (Å²) < 4.78 is 2.98. The Morgan fingerprint density at radius 3 is 2.57 bits per heavy atom. The van der Waals surface area contributed by atoms with Crippen molar-refractivity contribution in [3.8, 4) is 0 Å². The van der Waals surface area contributed by atoms with Crippen LogP contribution in [0, 0.1) is 0 Å². The van der Waals surface area contributed by atoms with Crippen molar-refractivity contribution < 1.29 is 4.79 Å². The Balaban J connectivity index is 2.24. The van der Waals surface area contributed by atoms with Crippen molar-refractivity contribution in [3.63, 3.8) is 0 Å². The van der Waals surface area contributed by atoms with E-state index in [1.165, 1.54) is 14.1 Å². The second kappa shape index (κ2) is 6.81. The monoisotopic (exact) mass is 400 g/mol. The lowest BCUT2D eigenvalue weighted by Crippen LogP contribution is -2.43. The Morgan fingerprint density at radius 2 is 2.00 bits per heavy atom. The zero-order chi connectivity index (χ0) is 17.3. The molecule has 0 radical (unpaired) electrons. The molecule has 7 nitrogen and oxygen atoms in total. The van der Waals surface area contributed by atoms with E-state index in [1.807, 2.05) is 11.4 Å². The van der Waals surface area contributed by atoms with Crippen molar-refractivity contribution in [2.75, 3.05) is 19.3 Å². The number of ketones is 1. The van der Waals surface area contributed by atoms with Crippen LogP contribution in [0.4, 0.5) is 5.82 Å². The van der Waals surface area contributed by atoms with Gasteiger partial charge in [-0.2, -0.15) is 0 Å². The molecule has 2 aromatic heterocycles. The fourth-order valence-electron chi connectivity index (χ4n) is 2.20. The number of anilines is 1. The van der Waals surface area contributed by atoms with E-state index in [2.05, 4.69) is 15.9 Å². The van der Waals surface area contributed by atoms with Crippen molar-refractivity contribution in [2.45, 2.75) is 6.54 Å². The number of likely N-dealkylation sites (N-methyl/N-ethyl adjacent to an activating group) is 1. The van der Waals surface area contributed by atoms with Gasteiger partial charge in [0.05, 0.1) is 6.54 Å². The van der Waals surface area contributed by atoms with E-state index in [1.54, 1.807) is 23.3 Å². The minimum atomic E-state index is -0.664. The molecule has 2 rings (SSSR count). The first-order valence-electron chi connectivity index (χ1n) is 6.72. The number of nitrogen functional groups attached to an aromatic ring is 1. The fraction of sp³-hybridized carbons (Fsp3) is 0.357. The zero-order valence-electron chi connectivity index (χ0n) is 13.0. The third-order valence-electron chi connectivity index (χ3n) is 3.45. The second-order valence-corrected chi connectivity index (χ2v) is 7.20. The summed E-state index contributed by atoms with van der Waals surface area (Å²) in [5.74, 6) is -0.507. The molecule has 0 aliphatic heterocycles. The van der Waals surface area contributed by atoms with Crippen LogP contribution >= 0.6 is 27.3 Å². The van der Waals surface area contributed by atoms with Gasteiger partial charge in [-0.05, 0) is 29.0 Å². The number of hydrogen-bond donors (Lipinski definition) is 1. The summed E-state index contributed by atoms with van der Waals surface area (Å²) in [5.41, 5.74) is 4.43. The molecule has 0 amide bonds. The molecule has 23 heavy (non-hydrogen) atoms. The van der Waals surface area contributed by atoms with Crippen molar-refractivity contribution in [2.24, 2.45) is 14.1 Å². The van der Waals surface area contributed by atoms with Crippen LogP contribution in [0.25, 0.3) is 0 Å². The number of aromatic nitrogens is 2. The normalized spacial score (nSPS) is 11.2. The highest BCUT2D eigenvalue weighted by atomic mass is 79.9. The third kappa shape index (κ3) is 3.62. The molecule has 0 saturated carbocycles. The quantitative estimate of drug-likeness (QED) is 0.749. The number of nitrogens with two attached hydrogens (primary N) is 1. The van der Waals surface area contributed by atoms with Gasteiger partial charge in [0, 0.05) is 35.4 Å². The molecule has 0 bridgehead atoms. The molecule has 0 unspecified atom stereocenters. The van der Waals surface area contributed by atoms with Crippen LogP contribution in [0.2, 0.25) is 0 Å². The van der Waals surface area contributed by atoms with E-state index in [4.69, 9.17) is 5.73 Å². The fourth-order valence-corrected chi connectivity index (χ4v) is 3.74. The highest BCUT2D eigenvalue weighted by Gasteiger charge is 2.21. The standard InChI is InChI=1S/C14H17BrN4O3S/c1-17(5-9-4-8(15)7-23-9)6-10(20)11-12(16)18(2)14(22)19(3)13(11)21/h4,7H,5-6,16H2,1-3H3. The SMILES string of the molecule is CN(CC(=O)c1c(N)n(C)c(=O)n(C)c1=O)Cc1cc(Br)cs1. The molecule has 2 heterocycles. The van der Waals surface area contributed by atoms with Gasteiger partial charge in [-0.25, -0.2) is 4.79 Å². The smallest absolute Gasteiger partial charge is 0.332 e. The van der Waals surface area contributed by atoms with Crippen molar-refractivity contribution in [1.82, 2.24) is 14.0 Å². The molecule has 0 aliphatic carbocycles. The third-order valence-corrected chi connectivity index (χ3v) is 5.13. The van der Waals surface area contributed by atoms with E-state index in [-0.39, 0.29) is 17.9 Å². The first-order valence-corrected chi connectivity index (χ1v) is 8.39. The lowest BCUT2D eigenvalue weighted by Gasteiger charge is -2.16. The molecule has 0 saturated heterocycles. The summed E-state index contributed by atoms with van der Waals surface area (Å²) in [6.07, 6.45) is 0. The predicted octanol–water partition coefficient (Wildman–Crippen LogP) is 0.805. The number of hydrogen-bond acceptors (Lipinski definition) is 6. The predicted molar refractivity (Wildman–Crippen MR) is 94.0 cm³/mol. The van der Waals surface area contributed by atoms with Gasteiger partial charge < -0.3 is 5.73 Å². The Hall–Kier alpha value is -1.71. The number of carbonyl (C=O) groups excluding carboxylic acids is 1. The number of carbonyl (C=O) groups is 1. The van der Waals surface area contributed by atoms with Gasteiger partial charge in [0.2, 0.25) is 0 Å². The molecule has 2 N–H and O–H groups in total. The van der Waals surface area contributed by atoms with E-state index in [0.29, 0.717) is 6.54 Å². The van der Waals surface area contributed by atoms with E-state index < -0.39 is 17.0 Å². The zero-order valence-corrected chi connectivity index (χ0v) is 15.4. The Morgan fingerprint density at radius 1 is 1.35 bits per heavy atom. The Kier molecular flexibility index (Phi) is 5.23. The number of nitrogens with zero attached hydrogens (tertiary/aromatic N) is 3. The van der Waals surface area contributed by atoms with Crippen molar-refractivity contribution >= 4 is 38.9 Å². The lowest BCUT2D eigenvalue weighted by molar-refractivity contribution is 0.0941. The van der Waals surface area contributed by atoms with Gasteiger partial charge in [0.1, 0.15) is 11.4 Å². The van der Waals surface area contributed by atoms with Crippen LogP contribution in [-0.2, 0) is 20.6 Å². The number of rotatable bonds is 5. The summed E-state index contributed by atoms with van der Waals surface area (Å²) in [4.78, 5) is 39.3.